The van der Waals surface area contributed by atoms with Crippen LogP contribution in [0.5, 0.6) is 0 Å². The number of fused-ring (bicyclic) bond motifs is 2. The Morgan fingerprint density at radius 3 is 2.75 bits per heavy atom. The molecule has 3 atom stereocenters. The van der Waals surface area contributed by atoms with Gasteiger partial charge in [0.1, 0.15) is 0 Å². The molecule has 2 fully saturated rings. The molecule has 3 unspecified atom stereocenters. The number of nitrogens with two attached hydrogens (primary N) is 1. The number of hydrogen-bond donors (Lipinski definition) is 1. The molecule has 2 N–H and O–H groups in total. The van der Waals surface area contributed by atoms with E-state index in [0.29, 0.717) is 18.9 Å². The molecule has 1 aromatic carbocycles. The number of carbonyl (C=O) groups excluding carboxylic acids is 1. The lowest BCUT2D eigenvalue weighted by molar-refractivity contribution is -0.119. The Bertz CT molecular complexity index is 500. The predicted octanol–water partition coefficient (Wildman–Crippen LogP) is 2.93. The van der Waals surface area contributed by atoms with Gasteiger partial charge in [0.25, 0.3) is 0 Å². The number of rotatable bonds is 4. The molecule has 2 bridgehead atoms. The number of nitrogens with zero attached hydrogens (tertiary/aromatic N) is 1. The summed E-state index contributed by atoms with van der Waals surface area (Å²) in [6.45, 7) is 0.474. The third-order valence-electron chi connectivity index (χ3n) is 5.27. The van der Waals surface area contributed by atoms with Crippen molar-refractivity contribution in [1.82, 2.24) is 0 Å². The van der Waals surface area contributed by atoms with Crippen LogP contribution >= 0.6 is 0 Å². The normalized spacial score (nSPS) is 27.8. The van der Waals surface area contributed by atoms with E-state index in [4.69, 9.17) is 5.73 Å². The number of amides is 1. The minimum atomic E-state index is 0.239. The first kappa shape index (κ1) is 13.6. The zero-order valence-electron chi connectivity index (χ0n) is 12.2. The van der Waals surface area contributed by atoms with E-state index in [1.54, 1.807) is 4.90 Å². The number of benzene rings is 1. The predicted molar refractivity (Wildman–Crippen MR) is 81.3 cm³/mol. The van der Waals surface area contributed by atoms with Crippen molar-refractivity contribution in [3.05, 3.63) is 29.8 Å². The molecule has 3 rings (SSSR count). The second-order valence-corrected chi connectivity index (χ2v) is 6.42. The maximum Gasteiger partial charge on any atom is 0.227 e. The van der Waals surface area contributed by atoms with Crippen LogP contribution in [0.25, 0.3) is 0 Å². The van der Waals surface area contributed by atoms with E-state index in [1.165, 1.54) is 25.7 Å². The van der Waals surface area contributed by atoms with Crippen LogP contribution in [0.4, 0.5) is 5.69 Å². The lowest BCUT2D eigenvalue weighted by atomic mass is 9.86. The van der Waals surface area contributed by atoms with E-state index in [-0.39, 0.29) is 5.91 Å². The van der Waals surface area contributed by atoms with E-state index in [0.717, 1.165) is 23.1 Å². The van der Waals surface area contributed by atoms with E-state index < -0.39 is 0 Å². The molecule has 0 radical (unpaired) electrons. The molecule has 2 aliphatic rings. The number of para-hydroxylation sites is 1. The third kappa shape index (κ3) is 2.47. The summed E-state index contributed by atoms with van der Waals surface area (Å²) in [5.74, 6) is 2.57. The van der Waals surface area contributed by atoms with Crippen LogP contribution in [0.3, 0.4) is 0 Å². The summed E-state index contributed by atoms with van der Waals surface area (Å²) in [4.78, 5) is 14.3. The van der Waals surface area contributed by atoms with Gasteiger partial charge < -0.3 is 10.6 Å². The molecule has 1 amide bonds. The van der Waals surface area contributed by atoms with Crippen molar-refractivity contribution in [2.24, 2.45) is 23.5 Å². The van der Waals surface area contributed by atoms with Crippen molar-refractivity contribution >= 4 is 11.6 Å². The summed E-state index contributed by atoms with van der Waals surface area (Å²) >= 11 is 0. The minimum absolute atomic E-state index is 0.239. The number of anilines is 1. The van der Waals surface area contributed by atoms with Crippen LogP contribution < -0.4 is 10.6 Å². The van der Waals surface area contributed by atoms with E-state index >= 15 is 0 Å². The maximum absolute atomic E-state index is 12.5. The summed E-state index contributed by atoms with van der Waals surface area (Å²) in [7, 11) is 1.88. The lowest BCUT2D eigenvalue weighted by Gasteiger charge is -2.25. The highest BCUT2D eigenvalue weighted by Crippen LogP contribution is 2.49. The number of hydrogen-bond acceptors (Lipinski definition) is 2. The topological polar surface area (TPSA) is 46.3 Å². The van der Waals surface area contributed by atoms with Gasteiger partial charge in [0, 0.05) is 25.7 Å². The molecular weight excluding hydrogens is 248 g/mol. The fourth-order valence-electron chi connectivity index (χ4n) is 4.13. The summed E-state index contributed by atoms with van der Waals surface area (Å²) in [5, 5.41) is 0. The summed E-state index contributed by atoms with van der Waals surface area (Å²) < 4.78 is 0. The minimum Gasteiger partial charge on any atom is -0.326 e. The van der Waals surface area contributed by atoms with E-state index in [2.05, 4.69) is 0 Å². The van der Waals surface area contributed by atoms with Gasteiger partial charge in [0.05, 0.1) is 0 Å². The summed E-state index contributed by atoms with van der Waals surface area (Å²) in [6, 6.07) is 7.92. The van der Waals surface area contributed by atoms with Crippen LogP contribution in [-0.4, -0.2) is 13.0 Å². The second kappa shape index (κ2) is 5.57. The van der Waals surface area contributed by atoms with Gasteiger partial charge in [-0.3, -0.25) is 4.79 Å². The monoisotopic (exact) mass is 272 g/mol. The molecule has 0 saturated heterocycles. The lowest BCUT2D eigenvalue weighted by Crippen LogP contribution is -2.30. The molecule has 108 valence electrons. The third-order valence-corrected chi connectivity index (χ3v) is 5.27. The van der Waals surface area contributed by atoms with Crippen LogP contribution in [0.15, 0.2) is 24.3 Å². The van der Waals surface area contributed by atoms with E-state index in [1.807, 2.05) is 31.3 Å². The molecule has 2 saturated carbocycles. The molecule has 0 spiro atoms. The molecule has 1 aromatic rings. The first-order chi connectivity index (χ1) is 9.69. The smallest absolute Gasteiger partial charge is 0.227 e. The molecule has 0 heterocycles. The van der Waals surface area contributed by atoms with Gasteiger partial charge in [-0.2, -0.15) is 0 Å². The second-order valence-electron chi connectivity index (χ2n) is 6.42. The zero-order valence-corrected chi connectivity index (χ0v) is 12.2. The van der Waals surface area contributed by atoms with Gasteiger partial charge in [0.15, 0.2) is 0 Å². The standard InChI is InChI=1S/C17H24N2O/c1-19(16-5-3-2-4-14(16)11-18)17(20)10-15-9-12-6-7-13(15)8-12/h2-5,12-13,15H,6-11,18H2,1H3. The van der Waals surface area contributed by atoms with Crippen molar-refractivity contribution in [2.75, 3.05) is 11.9 Å². The Hall–Kier alpha value is -1.35. The Kier molecular flexibility index (Phi) is 3.79. The highest BCUT2D eigenvalue weighted by molar-refractivity contribution is 5.93. The maximum atomic E-state index is 12.5. The first-order valence-electron chi connectivity index (χ1n) is 7.73. The van der Waals surface area contributed by atoms with Crippen LogP contribution in [-0.2, 0) is 11.3 Å². The SMILES string of the molecule is CN(C(=O)CC1CC2CCC1C2)c1ccccc1CN. The van der Waals surface area contributed by atoms with Gasteiger partial charge in [-0.05, 0) is 48.6 Å². The van der Waals surface area contributed by atoms with Crippen LogP contribution in [0.1, 0.15) is 37.7 Å². The van der Waals surface area contributed by atoms with Crippen molar-refractivity contribution in [1.29, 1.82) is 0 Å². The van der Waals surface area contributed by atoms with Crippen molar-refractivity contribution in [3.63, 3.8) is 0 Å². The summed E-state index contributed by atoms with van der Waals surface area (Å²) in [5.41, 5.74) is 7.76. The van der Waals surface area contributed by atoms with Crippen LogP contribution in [0.2, 0.25) is 0 Å². The fraction of sp³-hybridized carbons (Fsp3) is 0.588. The molecule has 0 aromatic heterocycles. The molecular formula is C17H24N2O. The van der Waals surface area contributed by atoms with Crippen LogP contribution in [0, 0.1) is 17.8 Å². The Balaban J connectivity index is 1.67. The average Bonchev–Trinajstić information content (AvgIpc) is 3.09. The van der Waals surface area contributed by atoms with Gasteiger partial charge >= 0.3 is 0 Å². The highest BCUT2D eigenvalue weighted by Gasteiger charge is 2.40. The van der Waals surface area contributed by atoms with E-state index in [9.17, 15) is 4.79 Å². The summed E-state index contributed by atoms with van der Waals surface area (Å²) in [6.07, 6.45) is 6.06. The Labute approximate surface area is 121 Å². The Morgan fingerprint density at radius 2 is 2.10 bits per heavy atom. The van der Waals surface area contributed by atoms with Crippen molar-refractivity contribution < 1.29 is 4.79 Å². The van der Waals surface area contributed by atoms with Gasteiger partial charge in [-0.1, -0.05) is 24.6 Å². The molecule has 2 aliphatic carbocycles. The molecule has 3 heteroatoms. The molecule has 3 nitrogen and oxygen atoms in total. The van der Waals surface area contributed by atoms with Crippen molar-refractivity contribution in [2.45, 2.75) is 38.6 Å². The largest absolute Gasteiger partial charge is 0.326 e. The van der Waals surface area contributed by atoms with Gasteiger partial charge in [-0.15, -0.1) is 0 Å². The van der Waals surface area contributed by atoms with Gasteiger partial charge in [-0.25, -0.2) is 0 Å². The molecule has 0 aliphatic heterocycles. The fourth-order valence-corrected chi connectivity index (χ4v) is 4.13. The van der Waals surface area contributed by atoms with Crippen molar-refractivity contribution in [3.8, 4) is 0 Å². The average molecular weight is 272 g/mol. The highest BCUT2D eigenvalue weighted by atomic mass is 16.2. The first-order valence-corrected chi connectivity index (χ1v) is 7.73. The van der Waals surface area contributed by atoms with Gasteiger partial charge in [0.2, 0.25) is 5.91 Å². The quantitative estimate of drug-likeness (QED) is 0.916. The molecule has 20 heavy (non-hydrogen) atoms. The Morgan fingerprint density at radius 1 is 1.30 bits per heavy atom. The number of carbonyl (C=O) groups is 1. The zero-order chi connectivity index (χ0) is 14.1.